The first-order chi connectivity index (χ1) is 5.59. The number of rotatable bonds is 3. The van der Waals surface area contributed by atoms with Crippen molar-refractivity contribution in [3.8, 4) is 0 Å². The van der Waals surface area contributed by atoms with E-state index in [9.17, 15) is 0 Å². The van der Waals surface area contributed by atoms with Crippen molar-refractivity contribution in [3.05, 3.63) is 0 Å². The highest BCUT2D eigenvalue weighted by molar-refractivity contribution is 4.73. The van der Waals surface area contributed by atoms with Gasteiger partial charge in [0, 0.05) is 12.6 Å². The van der Waals surface area contributed by atoms with E-state index in [-0.39, 0.29) is 0 Å². The molecule has 1 saturated heterocycles. The molecular weight excluding hydrogens is 150 g/mol. The number of hydrogen-bond donors (Lipinski definition) is 0. The summed E-state index contributed by atoms with van der Waals surface area (Å²) in [7, 11) is 0. The molecule has 2 nitrogen and oxygen atoms in total. The average Bonchev–Trinajstić information content (AvgIpc) is 2.34. The molecule has 0 aliphatic carbocycles. The normalized spacial score (nSPS) is 28.2. The molecule has 0 bridgehead atoms. The molecule has 1 aliphatic rings. The van der Waals surface area contributed by atoms with Gasteiger partial charge in [-0.15, -0.1) is 0 Å². The molecular formula is C10H21NO. The van der Waals surface area contributed by atoms with Gasteiger partial charge in [-0.2, -0.15) is 0 Å². The Hall–Kier alpha value is -0.0800. The molecule has 2 unspecified atom stereocenters. The molecule has 0 aromatic rings. The van der Waals surface area contributed by atoms with E-state index >= 15 is 0 Å². The van der Waals surface area contributed by atoms with Crippen LogP contribution in [0.4, 0.5) is 0 Å². The van der Waals surface area contributed by atoms with Gasteiger partial charge in [0.25, 0.3) is 0 Å². The van der Waals surface area contributed by atoms with Crippen LogP contribution in [0.3, 0.4) is 0 Å². The maximum Gasteiger partial charge on any atom is 0.0997 e. The molecule has 0 radical (unpaired) electrons. The molecule has 2 heteroatoms. The van der Waals surface area contributed by atoms with Crippen LogP contribution >= 0.6 is 0 Å². The Morgan fingerprint density at radius 1 is 1.42 bits per heavy atom. The van der Waals surface area contributed by atoms with Gasteiger partial charge in [-0.3, -0.25) is 4.90 Å². The van der Waals surface area contributed by atoms with Gasteiger partial charge < -0.3 is 4.74 Å². The largest absolute Gasteiger partial charge is 0.362 e. The number of hydrogen-bond acceptors (Lipinski definition) is 2. The topological polar surface area (TPSA) is 12.5 Å². The summed E-state index contributed by atoms with van der Waals surface area (Å²) in [6.07, 6.45) is 1.70. The number of ether oxygens (including phenoxy) is 1. The highest BCUT2D eigenvalue weighted by atomic mass is 16.5. The molecule has 2 atom stereocenters. The molecule has 1 rings (SSSR count). The summed E-state index contributed by atoms with van der Waals surface area (Å²) in [4.78, 5) is 2.42. The Morgan fingerprint density at radius 3 is 2.50 bits per heavy atom. The van der Waals surface area contributed by atoms with E-state index in [1.54, 1.807) is 0 Å². The van der Waals surface area contributed by atoms with Crippen LogP contribution in [-0.4, -0.2) is 30.3 Å². The van der Waals surface area contributed by atoms with Crippen LogP contribution in [0.2, 0.25) is 0 Å². The van der Waals surface area contributed by atoms with Gasteiger partial charge in [-0.05, 0) is 26.2 Å². The third kappa shape index (κ3) is 2.76. The minimum Gasteiger partial charge on any atom is -0.362 e. The lowest BCUT2D eigenvalue weighted by Crippen LogP contribution is -2.32. The average molecular weight is 171 g/mol. The molecule has 0 aromatic heterocycles. The third-order valence-corrected chi connectivity index (χ3v) is 2.45. The molecule has 12 heavy (non-hydrogen) atoms. The van der Waals surface area contributed by atoms with Crippen molar-refractivity contribution in [1.29, 1.82) is 0 Å². The highest BCUT2D eigenvalue weighted by Crippen LogP contribution is 2.16. The van der Waals surface area contributed by atoms with E-state index in [0.717, 1.165) is 19.2 Å². The maximum absolute atomic E-state index is 5.49. The first-order valence-electron chi connectivity index (χ1n) is 4.95. The Balaban J connectivity index is 2.28. The minimum absolute atomic E-state index is 0.430. The van der Waals surface area contributed by atoms with Gasteiger partial charge >= 0.3 is 0 Å². The van der Waals surface area contributed by atoms with E-state index in [2.05, 4.69) is 32.6 Å². The van der Waals surface area contributed by atoms with Gasteiger partial charge in [0.1, 0.15) is 0 Å². The van der Waals surface area contributed by atoms with E-state index < -0.39 is 0 Å². The summed E-state index contributed by atoms with van der Waals surface area (Å²) in [6.45, 7) is 10.9. The Kier molecular flexibility index (Phi) is 3.53. The maximum atomic E-state index is 5.49. The van der Waals surface area contributed by atoms with Crippen molar-refractivity contribution in [1.82, 2.24) is 4.90 Å². The Morgan fingerprint density at radius 2 is 2.08 bits per heavy atom. The fourth-order valence-corrected chi connectivity index (χ4v) is 1.80. The Bertz CT molecular complexity index is 136. The molecule has 1 fully saturated rings. The molecule has 0 spiro atoms. The van der Waals surface area contributed by atoms with Gasteiger partial charge in [0.15, 0.2) is 0 Å². The second kappa shape index (κ2) is 4.24. The van der Waals surface area contributed by atoms with Gasteiger partial charge in [0.05, 0.1) is 12.8 Å². The molecule has 1 aliphatic heterocycles. The lowest BCUT2D eigenvalue weighted by Gasteiger charge is -2.23. The lowest BCUT2D eigenvalue weighted by molar-refractivity contribution is 0.0837. The summed E-state index contributed by atoms with van der Waals surface area (Å²) < 4.78 is 5.49. The van der Waals surface area contributed by atoms with Crippen molar-refractivity contribution in [2.45, 2.75) is 46.3 Å². The van der Waals surface area contributed by atoms with Crippen molar-refractivity contribution in [2.24, 2.45) is 5.92 Å². The zero-order valence-corrected chi connectivity index (χ0v) is 8.71. The molecule has 0 amide bonds. The smallest absolute Gasteiger partial charge is 0.0997 e. The lowest BCUT2D eigenvalue weighted by atomic mass is 10.0. The molecule has 0 saturated carbocycles. The standard InChI is InChI=1S/C10H21NO/c1-8(2)5-9(3)11-6-10(4)12-7-11/h8-10H,5-7H2,1-4H3. The fraction of sp³-hybridized carbons (Fsp3) is 1.00. The first kappa shape index (κ1) is 10.0. The fourth-order valence-electron chi connectivity index (χ4n) is 1.80. The second-order valence-corrected chi connectivity index (χ2v) is 4.36. The summed E-state index contributed by atoms with van der Waals surface area (Å²) in [6, 6.07) is 0.676. The van der Waals surface area contributed by atoms with Crippen LogP contribution in [0, 0.1) is 5.92 Å². The van der Waals surface area contributed by atoms with E-state index in [1.165, 1.54) is 6.42 Å². The van der Waals surface area contributed by atoms with E-state index in [1.807, 2.05) is 0 Å². The van der Waals surface area contributed by atoms with Gasteiger partial charge in [0.2, 0.25) is 0 Å². The summed E-state index contributed by atoms with van der Waals surface area (Å²) in [5.41, 5.74) is 0. The predicted octanol–water partition coefficient (Wildman–Crippen LogP) is 2.10. The molecule has 0 N–H and O–H groups in total. The molecule has 72 valence electrons. The number of nitrogens with zero attached hydrogens (tertiary/aromatic N) is 1. The summed E-state index contributed by atoms with van der Waals surface area (Å²) >= 11 is 0. The highest BCUT2D eigenvalue weighted by Gasteiger charge is 2.23. The van der Waals surface area contributed by atoms with Crippen LogP contribution in [0.25, 0.3) is 0 Å². The SMILES string of the molecule is CC(C)CC(C)N1COC(C)C1. The molecule has 1 heterocycles. The second-order valence-electron chi connectivity index (χ2n) is 4.36. The predicted molar refractivity (Wildman–Crippen MR) is 51.0 cm³/mol. The van der Waals surface area contributed by atoms with Crippen molar-refractivity contribution in [2.75, 3.05) is 13.3 Å². The van der Waals surface area contributed by atoms with Gasteiger partial charge in [-0.1, -0.05) is 13.8 Å². The minimum atomic E-state index is 0.430. The monoisotopic (exact) mass is 171 g/mol. The quantitative estimate of drug-likeness (QED) is 0.644. The Labute approximate surface area is 75.9 Å². The zero-order valence-electron chi connectivity index (χ0n) is 8.71. The van der Waals surface area contributed by atoms with Gasteiger partial charge in [-0.25, -0.2) is 0 Å². The van der Waals surface area contributed by atoms with Crippen LogP contribution in [0.15, 0.2) is 0 Å². The van der Waals surface area contributed by atoms with Crippen molar-refractivity contribution in [3.63, 3.8) is 0 Å². The van der Waals surface area contributed by atoms with E-state index in [0.29, 0.717) is 12.1 Å². The molecule has 0 aromatic carbocycles. The van der Waals surface area contributed by atoms with E-state index in [4.69, 9.17) is 4.74 Å². The van der Waals surface area contributed by atoms with Crippen molar-refractivity contribution < 1.29 is 4.74 Å². The summed E-state index contributed by atoms with van der Waals surface area (Å²) in [5, 5.41) is 0. The van der Waals surface area contributed by atoms with Crippen LogP contribution < -0.4 is 0 Å². The van der Waals surface area contributed by atoms with Crippen LogP contribution in [0.1, 0.15) is 34.1 Å². The zero-order chi connectivity index (χ0) is 9.14. The summed E-state index contributed by atoms with van der Waals surface area (Å²) in [5.74, 6) is 0.788. The first-order valence-corrected chi connectivity index (χ1v) is 4.95. The van der Waals surface area contributed by atoms with Crippen LogP contribution in [0.5, 0.6) is 0 Å². The van der Waals surface area contributed by atoms with Crippen LogP contribution in [-0.2, 0) is 4.74 Å². The third-order valence-electron chi connectivity index (χ3n) is 2.45. The van der Waals surface area contributed by atoms with Crippen molar-refractivity contribution >= 4 is 0 Å².